The Balaban J connectivity index is 1.91. The number of ether oxygens (including phenoxy) is 2. The fraction of sp³-hybridized carbons (Fsp3) is 0.765. The summed E-state index contributed by atoms with van der Waals surface area (Å²) in [7, 11) is 0. The zero-order chi connectivity index (χ0) is 18.8. The van der Waals surface area contributed by atoms with Crippen LogP contribution in [0.4, 0.5) is 4.79 Å². The van der Waals surface area contributed by atoms with Crippen LogP contribution in [0.3, 0.4) is 0 Å². The summed E-state index contributed by atoms with van der Waals surface area (Å²) in [5, 5.41) is 2.76. The van der Waals surface area contributed by atoms with Crippen molar-refractivity contribution >= 4 is 23.9 Å². The van der Waals surface area contributed by atoms with Crippen molar-refractivity contribution in [3.63, 3.8) is 0 Å². The molecule has 2 unspecified atom stereocenters. The van der Waals surface area contributed by atoms with Crippen LogP contribution >= 0.6 is 0 Å². The van der Waals surface area contributed by atoms with Crippen molar-refractivity contribution in [2.24, 2.45) is 5.92 Å². The molecule has 25 heavy (non-hydrogen) atoms. The minimum Gasteiger partial charge on any atom is -0.457 e. The topological polar surface area (TPSA) is 102 Å². The molecule has 0 radical (unpaired) electrons. The third kappa shape index (κ3) is 4.29. The molecule has 2 rings (SSSR count). The van der Waals surface area contributed by atoms with Gasteiger partial charge in [0.15, 0.2) is 6.61 Å². The minimum absolute atomic E-state index is 0.0143. The number of imide groups is 1. The summed E-state index contributed by atoms with van der Waals surface area (Å²) in [5.41, 5.74) is -1.60. The predicted molar refractivity (Wildman–Crippen MR) is 87.4 cm³/mol. The molecule has 3 amide bonds. The van der Waals surface area contributed by atoms with E-state index in [1.54, 1.807) is 20.8 Å². The van der Waals surface area contributed by atoms with E-state index in [4.69, 9.17) is 9.47 Å². The molecular weight excluding hydrogens is 328 g/mol. The first-order valence-electron chi connectivity index (χ1n) is 8.57. The Morgan fingerprint density at radius 3 is 2.52 bits per heavy atom. The van der Waals surface area contributed by atoms with Gasteiger partial charge >= 0.3 is 18.0 Å². The van der Waals surface area contributed by atoms with Gasteiger partial charge in [-0.15, -0.1) is 0 Å². The summed E-state index contributed by atoms with van der Waals surface area (Å²) in [6.45, 7) is 5.96. The summed E-state index contributed by atoms with van der Waals surface area (Å²) >= 11 is 0. The summed E-state index contributed by atoms with van der Waals surface area (Å²) in [5.74, 6) is -1.88. The molecule has 0 aromatic rings. The molecule has 0 aromatic carbocycles. The second-order valence-electron chi connectivity index (χ2n) is 7.69. The molecule has 140 valence electrons. The third-order valence-electron chi connectivity index (χ3n) is 4.56. The van der Waals surface area contributed by atoms with Gasteiger partial charge in [0.2, 0.25) is 0 Å². The van der Waals surface area contributed by atoms with Gasteiger partial charge in [-0.05, 0) is 39.5 Å². The summed E-state index contributed by atoms with van der Waals surface area (Å²) < 4.78 is 9.85. The monoisotopic (exact) mass is 354 g/mol. The molecule has 1 saturated carbocycles. The van der Waals surface area contributed by atoms with E-state index < -0.39 is 42.3 Å². The maximum atomic E-state index is 12.7. The van der Waals surface area contributed by atoms with Crippen LogP contribution in [0.5, 0.6) is 0 Å². The Labute approximate surface area is 147 Å². The molecule has 1 spiro atoms. The van der Waals surface area contributed by atoms with Crippen LogP contribution in [0.1, 0.15) is 53.4 Å². The number of hydrogen-bond acceptors (Lipinski definition) is 6. The van der Waals surface area contributed by atoms with Gasteiger partial charge in [0, 0.05) is 0 Å². The summed E-state index contributed by atoms with van der Waals surface area (Å²) in [6.07, 6.45) is 3.29. The van der Waals surface area contributed by atoms with Crippen LogP contribution in [0.2, 0.25) is 0 Å². The number of carbonyl (C=O) groups excluding carboxylic acids is 4. The first kappa shape index (κ1) is 19.2. The van der Waals surface area contributed by atoms with Crippen LogP contribution < -0.4 is 5.32 Å². The van der Waals surface area contributed by atoms with E-state index in [-0.39, 0.29) is 11.8 Å². The van der Waals surface area contributed by atoms with E-state index >= 15 is 0 Å². The Hall–Kier alpha value is -2.12. The van der Waals surface area contributed by atoms with E-state index in [0.717, 1.165) is 24.2 Å². The van der Waals surface area contributed by atoms with Crippen molar-refractivity contribution in [2.75, 3.05) is 13.2 Å². The molecule has 1 heterocycles. The number of carbonyl (C=O) groups is 4. The van der Waals surface area contributed by atoms with Gasteiger partial charge < -0.3 is 14.8 Å². The lowest BCUT2D eigenvalue weighted by Gasteiger charge is -2.36. The van der Waals surface area contributed by atoms with Gasteiger partial charge in [-0.1, -0.05) is 19.8 Å². The normalized spacial score (nSPS) is 26.6. The van der Waals surface area contributed by atoms with E-state index in [1.807, 2.05) is 6.92 Å². The van der Waals surface area contributed by atoms with Gasteiger partial charge in [-0.2, -0.15) is 0 Å². The highest BCUT2D eigenvalue weighted by Gasteiger charge is 2.55. The lowest BCUT2D eigenvalue weighted by atomic mass is 9.73. The van der Waals surface area contributed by atoms with Gasteiger partial charge in [0.05, 0.1) is 0 Å². The van der Waals surface area contributed by atoms with Crippen molar-refractivity contribution in [3.05, 3.63) is 0 Å². The Bertz CT molecular complexity index is 582. The number of urea groups is 1. The number of hydrogen-bond donors (Lipinski definition) is 1. The first-order chi connectivity index (χ1) is 11.5. The average molecular weight is 354 g/mol. The first-order valence-corrected chi connectivity index (χ1v) is 8.57. The zero-order valence-electron chi connectivity index (χ0n) is 15.2. The Kier molecular flexibility index (Phi) is 5.39. The van der Waals surface area contributed by atoms with Crippen molar-refractivity contribution in [3.8, 4) is 0 Å². The maximum Gasteiger partial charge on any atom is 0.344 e. The molecule has 2 aliphatic rings. The van der Waals surface area contributed by atoms with Crippen molar-refractivity contribution in [1.29, 1.82) is 0 Å². The number of nitrogens with zero attached hydrogens (tertiary/aromatic N) is 1. The SMILES string of the molecule is CC1CCCCC12NC(=O)N(CC(=O)OCC(=O)OC(C)(C)C)C2=O. The molecule has 1 aliphatic heterocycles. The Morgan fingerprint density at radius 2 is 1.92 bits per heavy atom. The molecule has 1 N–H and O–H groups in total. The average Bonchev–Trinajstić information content (AvgIpc) is 2.72. The van der Waals surface area contributed by atoms with Crippen LogP contribution in [0, 0.1) is 5.92 Å². The largest absolute Gasteiger partial charge is 0.457 e. The van der Waals surface area contributed by atoms with Gasteiger partial charge in [0.25, 0.3) is 5.91 Å². The van der Waals surface area contributed by atoms with Crippen LogP contribution in [0.25, 0.3) is 0 Å². The molecule has 1 saturated heterocycles. The number of rotatable bonds is 4. The smallest absolute Gasteiger partial charge is 0.344 e. The van der Waals surface area contributed by atoms with Crippen LogP contribution in [-0.4, -0.2) is 53.1 Å². The summed E-state index contributed by atoms with van der Waals surface area (Å²) in [4.78, 5) is 49.2. The van der Waals surface area contributed by atoms with E-state index in [0.29, 0.717) is 6.42 Å². The van der Waals surface area contributed by atoms with Crippen molar-refractivity contribution in [1.82, 2.24) is 10.2 Å². The van der Waals surface area contributed by atoms with Gasteiger partial charge in [-0.3, -0.25) is 14.5 Å². The predicted octanol–water partition coefficient (Wildman–Crippen LogP) is 1.37. The molecule has 1 aliphatic carbocycles. The minimum atomic E-state index is -0.916. The molecular formula is C17H26N2O6. The molecule has 8 nitrogen and oxygen atoms in total. The van der Waals surface area contributed by atoms with Gasteiger partial charge in [-0.25, -0.2) is 9.59 Å². The lowest BCUT2D eigenvalue weighted by Crippen LogP contribution is -2.54. The maximum absolute atomic E-state index is 12.7. The van der Waals surface area contributed by atoms with Crippen molar-refractivity contribution < 1.29 is 28.7 Å². The summed E-state index contributed by atoms with van der Waals surface area (Å²) in [6, 6.07) is -0.590. The quantitative estimate of drug-likeness (QED) is 0.604. The Morgan fingerprint density at radius 1 is 1.24 bits per heavy atom. The number of esters is 2. The fourth-order valence-electron chi connectivity index (χ4n) is 3.32. The standard InChI is InChI=1S/C17H26N2O6/c1-11-7-5-6-8-17(11)14(22)19(15(23)18-17)9-12(20)24-10-13(21)25-16(2,3)4/h11H,5-10H2,1-4H3,(H,18,23). The second kappa shape index (κ2) is 7.01. The van der Waals surface area contributed by atoms with E-state index in [1.165, 1.54) is 0 Å². The molecule has 0 bridgehead atoms. The van der Waals surface area contributed by atoms with E-state index in [2.05, 4.69) is 5.32 Å². The number of amides is 3. The molecule has 2 fully saturated rings. The number of nitrogens with one attached hydrogen (secondary N) is 1. The van der Waals surface area contributed by atoms with Crippen LogP contribution in [0.15, 0.2) is 0 Å². The third-order valence-corrected chi connectivity index (χ3v) is 4.56. The van der Waals surface area contributed by atoms with Gasteiger partial charge in [0.1, 0.15) is 17.7 Å². The fourth-order valence-corrected chi connectivity index (χ4v) is 3.32. The molecule has 8 heteroatoms. The highest BCUT2D eigenvalue weighted by Crippen LogP contribution is 2.38. The second-order valence-corrected chi connectivity index (χ2v) is 7.69. The van der Waals surface area contributed by atoms with Crippen molar-refractivity contribution in [2.45, 2.75) is 64.5 Å². The molecule has 0 aromatic heterocycles. The lowest BCUT2D eigenvalue weighted by molar-refractivity contribution is -0.166. The van der Waals surface area contributed by atoms with Crippen LogP contribution in [-0.2, 0) is 23.9 Å². The highest BCUT2D eigenvalue weighted by atomic mass is 16.6. The molecule has 2 atom stereocenters. The zero-order valence-corrected chi connectivity index (χ0v) is 15.2. The highest BCUT2D eigenvalue weighted by molar-refractivity contribution is 6.09. The van der Waals surface area contributed by atoms with E-state index in [9.17, 15) is 19.2 Å².